The van der Waals surface area contributed by atoms with E-state index in [-0.39, 0.29) is 12.5 Å². The molecule has 1 heterocycles. The molecular formula is C13H15ClN2O3. The molecule has 1 N–H and O–H groups in total. The van der Waals surface area contributed by atoms with Crippen LogP contribution >= 0.6 is 11.6 Å². The summed E-state index contributed by atoms with van der Waals surface area (Å²) in [5, 5.41) is 2.86. The third-order valence-corrected chi connectivity index (χ3v) is 3.50. The van der Waals surface area contributed by atoms with Gasteiger partial charge in [-0.1, -0.05) is 11.6 Å². The van der Waals surface area contributed by atoms with Crippen molar-refractivity contribution in [2.24, 2.45) is 0 Å². The molecule has 1 aromatic rings. The molecule has 5 nitrogen and oxygen atoms in total. The molecule has 1 aromatic carbocycles. The third-order valence-electron chi connectivity index (χ3n) is 3.27. The van der Waals surface area contributed by atoms with Crippen molar-refractivity contribution in [2.45, 2.75) is 25.9 Å². The van der Waals surface area contributed by atoms with Crippen LogP contribution in [0.4, 0.5) is 4.79 Å². The minimum absolute atomic E-state index is 0.258. The Hall–Kier alpha value is -1.75. The molecule has 0 atom stereocenters. The van der Waals surface area contributed by atoms with Crippen LogP contribution in [-0.4, -0.2) is 29.5 Å². The zero-order valence-corrected chi connectivity index (χ0v) is 11.7. The molecule has 1 aliphatic rings. The van der Waals surface area contributed by atoms with E-state index in [1.165, 1.54) is 4.90 Å². The summed E-state index contributed by atoms with van der Waals surface area (Å²) >= 11 is 5.95. The molecule has 0 unspecified atom stereocenters. The lowest BCUT2D eigenvalue weighted by Gasteiger charge is -2.28. The van der Waals surface area contributed by atoms with Crippen LogP contribution in [0.3, 0.4) is 0 Å². The molecule has 0 bridgehead atoms. The van der Waals surface area contributed by atoms with Crippen LogP contribution < -0.4 is 10.1 Å². The third kappa shape index (κ3) is 2.38. The summed E-state index contributed by atoms with van der Waals surface area (Å²) < 4.78 is 5.24. The van der Waals surface area contributed by atoms with E-state index in [2.05, 4.69) is 5.32 Å². The average Bonchev–Trinajstić information content (AvgIpc) is 2.52. The number of nitrogens with one attached hydrogen (secondary N) is 1. The van der Waals surface area contributed by atoms with E-state index in [1.807, 2.05) is 0 Å². The smallest absolute Gasteiger partial charge is 0.325 e. The maximum atomic E-state index is 11.8. The first-order valence-electron chi connectivity index (χ1n) is 5.81. The Morgan fingerprint density at radius 2 is 2.05 bits per heavy atom. The topological polar surface area (TPSA) is 58.6 Å². The minimum Gasteiger partial charge on any atom is -0.496 e. The fraction of sp³-hybridized carbons (Fsp3) is 0.385. The van der Waals surface area contributed by atoms with Crippen molar-refractivity contribution in [3.63, 3.8) is 0 Å². The second-order valence-electron chi connectivity index (χ2n) is 4.86. The maximum absolute atomic E-state index is 11.8. The van der Waals surface area contributed by atoms with E-state index in [1.54, 1.807) is 39.2 Å². The van der Waals surface area contributed by atoms with Crippen molar-refractivity contribution in [1.82, 2.24) is 10.2 Å². The van der Waals surface area contributed by atoms with Crippen molar-refractivity contribution < 1.29 is 14.3 Å². The summed E-state index contributed by atoms with van der Waals surface area (Å²) in [7, 11) is 1.55. The lowest BCUT2D eigenvalue weighted by atomic mass is 10.0. The molecule has 1 saturated heterocycles. The molecule has 3 amide bonds. The average molecular weight is 283 g/mol. The fourth-order valence-electron chi connectivity index (χ4n) is 2.00. The Morgan fingerprint density at radius 1 is 1.37 bits per heavy atom. The lowest BCUT2D eigenvalue weighted by molar-refractivity contribution is -0.125. The van der Waals surface area contributed by atoms with Crippen molar-refractivity contribution >= 4 is 23.5 Å². The molecule has 1 fully saturated rings. The number of nitrogens with zero attached hydrogens (tertiary/aromatic N) is 1. The van der Waals surface area contributed by atoms with Crippen LogP contribution in [-0.2, 0) is 11.3 Å². The summed E-state index contributed by atoms with van der Waals surface area (Å²) in [5.41, 5.74) is -0.127. The maximum Gasteiger partial charge on any atom is 0.325 e. The molecule has 19 heavy (non-hydrogen) atoms. The minimum atomic E-state index is -0.885. The van der Waals surface area contributed by atoms with Gasteiger partial charge in [0, 0.05) is 10.6 Å². The van der Waals surface area contributed by atoms with Gasteiger partial charge in [-0.2, -0.15) is 0 Å². The first-order valence-corrected chi connectivity index (χ1v) is 6.19. The highest BCUT2D eigenvalue weighted by atomic mass is 35.5. The lowest BCUT2D eigenvalue weighted by Crippen LogP contribution is -2.43. The molecule has 1 aliphatic heterocycles. The number of amides is 3. The highest BCUT2D eigenvalue weighted by Crippen LogP contribution is 2.29. The molecule has 0 spiro atoms. The molecule has 0 radical (unpaired) electrons. The molecule has 0 saturated carbocycles. The van der Waals surface area contributed by atoms with Gasteiger partial charge >= 0.3 is 6.03 Å². The number of hydrogen-bond donors (Lipinski definition) is 1. The Labute approximate surface area is 116 Å². The molecule has 6 heteroatoms. The van der Waals surface area contributed by atoms with Crippen LogP contribution in [0.1, 0.15) is 19.4 Å². The van der Waals surface area contributed by atoms with E-state index >= 15 is 0 Å². The Bertz CT molecular complexity index is 543. The molecule has 0 aliphatic carbocycles. The van der Waals surface area contributed by atoms with Gasteiger partial charge in [-0.25, -0.2) is 4.79 Å². The van der Waals surface area contributed by atoms with Crippen molar-refractivity contribution in [3.8, 4) is 5.75 Å². The second-order valence-corrected chi connectivity index (χ2v) is 5.30. The van der Waals surface area contributed by atoms with Gasteiger partial charge in [0.15, 0.2) is 0 Å². The molecular weight excluding hydrogens is 268 g/mol. The second kappa shape index (κ2) is 4.74. The van der Waals surface area contributed by atoms with Crippen molar-refractivity contribution in [3.05, 3.63) is 28.8 Å². The van der Waals surface area contributed by atoms with E-state index in [0.29, 0.717) is 10.8 Å². The van der Waals surface area contributed by atoms with Gasteiger partial charge < -0.3 is 9.64 Å². The summed E-state index contributed by atoms with van der Waals surface area (Å²) in [4.78, 5) is 25.0. The first kappa shape index (κ1) is 13.7. The largest absolute Gasteiger partial charge is 0.496 e. The van der Waals surface area contributed by atoms with Crippen LogP contribution in [0.25, 0.3) is 0 Å². The summed E-state index contributed by atoms with van der Waals surface area (Å²) in [6.07, 6.45) is 0. The Kier molecular flexibility index (Phi) is 3.41. The highest BCUT2D eigenvalue weighted by Gasteiger charge is 2.45. The Balaban J connectivity index is 2.33. The number of rotatable bonds is 3. The number of carbonyl (C=O) groups excluding carboxylic acids is 2. The van der Waals surface area contributed by atoms with E-state index in [9.17, 15) is 9.59 Å². The predicted octanol–water partition coefficient (Wildman–Crippen LogP) is 2.18. The van der Waals surface area contributed by atoms with Gasteiger partial charge in [-0.15, -0.1) is 0 Å². The number of benzene rings is 1. The summed E-state index contributed by atoms with van der Waals surface area (Å²) in [6, 6.07) is 4.77. The predicted molar refractivity (Wildman–Crippen MR) is 71.2 cm³/mol. The monoisotopic (exact) mass is 282 g/mol. The van der Waals surface area contributed by atoms with Crippen molar-refractivity contribution in [2.75, 3.05) is 7.11 Å². The Morgan fingerprint density at radius 3 is 2.58 bits per heavy atom. The van der Waals surface area contributed by atoms with Gasteiger partial charge in [-0.3, -0.25) is 10.1 Å². The number of hydrogen-bond acceptors (Lipinski definition) is 3. The van der Waals surface area contributed by atoms with Gasteiger partial charge in [0.05, 0.1) is 13.7 Å². The number of halogens is 1. The molecule has 2 rings (SSSR count). The quantitative estimate of drug-likeness (QED) is 0.865. The first-order chi connectivity index (χ1) is 8.86. The number of methoxy groups -OCH3 is 1. The number of carbonyl (C=O) groups is 2. The van der Waals surface area contributed by atoms with Crippen LogP contribution in [0.5, 0.6) is 5.75 Å². The number of imide groups is 1. The van der Waals surface area contributed by atoms with Gasteiger partial charge in [-0.05, 0) is 32.0 Å². The summed E-state index contributed by atoms with van der Waals surface area (Å²) in [6.45, 7) is 3.66. The van der Waals surface area contributed by atoms with Crippen LogP contribution in [0.2, 0.25) is 5.02 Å². The molecule has 102 valence electrons. The van der Waals surface area contributed by atoms with Gasteiger partial charge in [0.2, 0.25) is 0 Å². The standard InChI is InChI=1S/C13H15ClN2O3/c1-13(2)11(17)15-12(18)16(13)7-8-6-9(14)4-5-10(8)19-3/h4-6H,7H2,1-3H3,(H,15,17,18). The van der Waals surface area contributed by atoms with Crippen LogP contribution in [0, 0.1) is 0 Å². The normalized spacial score (nSPS) is 17.6. The number of ether oxygens (including phenoxy) is 1. The van der Waals surface area contributed by atoms with Gasteiger partial charge in [0.25, 0.3) is 5.91 Å². The van der Waals surface area contributed by atoms with E-state index in [0.717, 1.165) is 5.56 Å². The summed E-state index contributed by atoms with van der Waals surface area (Å²) in [5.74, 6) is 0.325. The number of urea groups is 1. The fourth-order valence-corrected chi connectivity index (χ4v) is 2.20. The van der Waals surface area contributed by atoms with Crippen molar-refractivity contribution in [1.29, 1.82) is 0 Å². The van der Waals surface area contributed by atoms with E-state index in [4.69, 9.17) is 16.3 Å². The van der Waals surface area contributed by atoms with Gasteiger partial charge in [0.1, 0.15) is 11.3 Å². The highest BCUT2D eigenvalue weighted by molar-refractivity contribution is 6.30. The zero-order valence-electron chi connectivity index (χ0n) is 11.0. The zero-order chi connectivity index (χ0) is 14.2. The molecule has 0 aromatic heterocycles. The van der Waals surface area contributed by atoms with E-state index < -0.39 is 11.6 Å². The van der Waals surface area contributed by atoms with Crippen LogP contribution in [0.15, 0.2) is 18.2 Å². The SMILES string of the molecule is COc1ccc(Cl)cc1CN1C(=O)NC(=O)C1(C)C.